The van der Waals surface area contributed by atoms with Gasteiger partial charge in [0.05, 0.1) is 18.5 Å². The van der Waals surface area contributed by atoms with Crippen LogP contribution in [-0.4, -0.2) is 37.0 Å². The molecule has 1 amide bonds. The predicted molar refractivity (Wildman–Crippen MR) is 119 cm³/mol. The van der Waals surface area contributed by atoms with Gasteiger partial charge in [-0.1, -0.05) is 46.8 Å². The number of hydrogen-bond donors (Lipinski definition) is 1. The molecule has 29 heavy (non-hydrogen) atoms. The van der Waals surface area contributed by atoms with Crippen LogP contribution in [0.25, 0.3) is 0 Å². The minimum Gasteiger partial charge on any atom is -0.296 e. The van der Waals surface area contributed by atoms with Crippen LogP contribution in [0.2, 0.25) is 5.02 Å². The average Bonchev–Trinajstić information content (AvgIpc) is 3.14. The summed E-state index contributed by atoms with van der Waals surface area (Å²) in [5, 5.41) is 11.5. The van der Waals surface area contributed by atoms with Crippen LogP contribution in [0.15, 0.2) is 52.9 Å². The van der Waals surface area contributed by atoms with E-state index < -0.39 is 10.0 Å². The van der Waals surface area contributed by atoms with Gasteiger partial charge in [0.15, 0.2) is 4.34 Å². The second-order valence-corrected chi connectivity index (χ2v) is 10.3. The van der Waals surface area contributed by atoms with Gasteiger partial charge in [-0.2, -0.15) is 0 Å². The molecule has 0 radical (unpaired) electrons. The van der Waals surface area contributed by atoms with Gasteiger partial charge in [0.2, 0.25) is 15.2 Å². The lowest BCUT2D eigenvalue weighted by atomic mass is 10.2. The summed E-state index contributed by atoms with van der Waals surface area (Å²) in [6.07, 6.45) is 3.02. The summed E-state index contributed by atoms with van der Waals surface area (Å²) in [7, 11) is -3.53. The molecule has 0 unspecified atom stereocenters. The number of nitrogens with zero attached hydrogens (tertiary/aromatic N) is 3. The van der Waals surface area contributed by atoms with E-state index in [0.29, 0.717) is 21.4 Å². The second-order valence-electron chi connectivity index (χ2n) is 5.97. The van der Waals surface area contributed by atoms with E-state index in [4.69, 9.17) is 11.6 Å². The zero-order chi connectivity index (χ0) is 21.0. The fourth-order valence-corrected chi connectivity index (χ4v) is 4.63. The van der Waals surface area contributed by atoms with E-state index in [-0.39, 0.29) is 12.5 Å². The standard InChI is InChI=1S/C18H17ClN4O3S3/c1-27-18-22-21-17(28-18)20-16(24)13-5-9-15(10-6-13)23(29(2,25)26)11-12-3-7-14(19)8-4-12/h3-10H,11H2,1-2H3,(H,20,21,24). The highest BCUT2D eigenvalue weighted by Crippen LogP contribution is 2.25. The molecule has 0 aliphatic rings. The minimum absolute atomic E-state index is 0.157. The molecule has 11 heteroatoms. The molecule has 0 saturated heterocycles. The molecule has 0 aliphatic carbocycles. The smallest absolute Gasteiger partial charge is 0.257 e. The van der Waals surface area contributed by atoms with E-state index in [1.54, 1.807) is 48.5 Å². The maximum atomic E-state index is 12.4. The van der Waals surface area contributed by atoms with Gasteiger partial charge >= 0.3 is 0 Å². The maximum Gasteiger partial charge on any atom is 0.257 e. The highest BCUT2D eigenvalue weighted by molar-refractivity contribution is 8.00. The lowest BCUT2D eigenvalue weighted by Crippen LogP contribution is -2.29. The Bertz CT molecular complexity index is 1100. The van der Waals surface area contributed by atoms with Crippen LogP contribution >= 0.6 is 34.7 Å². The number of aromatic nitrogens is 2. The number of anilines is 2. The SMILES string of the molecule is CSc1nnc(NC(=O)c2ccc(N(Cc3ccc(Cl)cc3)S(C)(=O)=O)cc2)s1. The minimum atomic E-state index is -3.53. The zero-order valence-corrected chi connectivity index (χ0v) is 18.7. The van der Waals surface area contributed by atoms with E-state index in [1.807, 2.05) is 6.26 Å². The van der Waals surface area contributed by atoms with Gasteiger partial charge in [0.25, 0.3) is 5.91 Å². The third-order valence-electron chi connectivity index (χ3n) is 3.86. The first-order valence-corrected chi connectivity index (χ1v) is 12.5. The van der Waals surface area contributed by atoms with E-state index in [0.717, 1.165) is 16.2 Å². The number of hydrogen-bond acceptors (Lipinski definition) is 7. The molecule has 0 aliphatic heterocycles. The van der Waals surface area contributed by atoms with Gasteiger partial charge in [0.1, 0.15) is 0 Å². The van der Waals surface area contributed by atoms with Gasteiger partial charge in [-0.3, -0.25) is 14.4 Å². The van der Waals surface area contributed by atoms with Crippen molar-refractivity contribution in [2.24, 2.45) is 0 Å². The Balaban J connectivity index is 1.78. The Morgan fingerprint density at radius 2 is 1.79 bits per heavy atom. The van der Waals surface area contributed by atoms with Crippen molar-refractivity contribution in [2.75, 3.05) is 22.1 Å². The summed E-state index contributed by atoms with van der Waals surface area (Å²) >= 11 is 8.62. The number of benzene rings is 2. The third kappa shape index (κ3) is 5.69. The monoisotopic (exact) mass is 468 g/mol. The molecule has 2 aromatic carbocycles. The summed E-state index contributed by atoms with van der Waals surface area (Å²) in [6, 6.07) is 13.3. The van der Waals surface area contributed by atoms with Gasteiger partial charge < -0.3 is 0 Å². The second kappa shape index (κ2) is 9.12. The highest BCUT2D eigenvalue weighted by atomic mass is 35.5. The lowest BCUT2D eigenvalue weighted by Gasteiger charge is -2.22. The molecule has 1 N–H and O–H groups in total. The molecule has 152 valence electrons. The summed E-state index contributed by atoms with van der Waals surface area (Å²) in [4.78, 5) is 12.4. The topological polar surface area (TPSA) is 92.3 Å². The number of halogens is 1. The normalized spacial score (nSPS) is 11.3. The van der Waals surface area contributed by atoms with E-state index in [9.17, 15) is 13.2 Å². The fraction of sp³-hybridized carbons (Fsp3) is 0.167. The van der Waals surface area contributed by atoms with Crippen molar-refractivity contribution in [3.63, 3.8) is 0 Å². The van der Waals surface area contributed by atoms with Crippen LogP contribution < -0.4 is 9.62 Å². The Morgan fingerprint density at radius 3 is 2.34 bits per heavy atom. The van der Waals surface area contributed by atoms with Crippen molar-refractivity contribution < 1.29 is 13.2 Å². The van der Waals surface area contributed by atoms with Crippen molar-refractivity contribution in [2.45, 2.75) is 10.9 Å². The van der Waals surface area contributed by atoms with Crippen LogP contribution in [-0.2, 0) is 16.6 Å². The van der Waals surface area contributed by atoms with E-state index in [2.05, 4.69) is 15.5 Å². The Kier molecular flexibility index (Phi) is 6.78. The number of rotatable bonds is 7. The largest absolute Gasteiger partial charge is 0.296 e. The Hall–Kier alpha value is -2.14. The molecule has 0 saturated carbocycles. The molecular formula is C18H17ClN4O3S3. The Morgan fingerprint density at radius 1 is 1.14 bits per heavy atom. The van der Waals surface area contributed by atoms with Gasteiger partial charge in [0, 0.05) is 10.6 Å². The number of amides is 1. The molecule has 0 atom stereocenters. The average molecular weight is 469 g/mol. The van der Waals surface area contributed by atoms with Crippen molar-refractivity contribution in [3.8, 4) is 0 Å². The van der Waals surface area contributed by atoms with Crippen LogP contribution in [0.3, 0.4) is 0 Å². The van der Waals surface area contributed by atoms with Crippen LogP contribution in [0.1, 0.15) is 15.9 Å². The summed E-state index contributed by atoms with van der Waals surface area (Å²) in [5.41, 5.74) is 1.64. The molecular weight excluding hydrogens is 452 g/mol. The van der Waals surface area contributed by atoms with Crippen LogP contribution in [0.5, 0.6) is 0 Å². The molecule has 7 nitrogen and oxygen atoms in total. The molecule has 3 rings (SSSR count). The first-order valence-electron chi connectivity index (χ1n) is 8.27. The maximum absolute atomic E-state index is 12.4. The van der Waals surface area contributed by atoms with E-state index in [1.165, 1.54) is 27.4 Å². The quantitative estimate of drug-likeness (QED) is 0.414. The van der Waals surface area contributed by atoms with Gasteiger partial charge in [-0.15, -0.1) is 10.2 Å². The number of carbonyl (C=O) groups is 1. The summed E-state index contributed by atoms with van der Waals surface area (Å²) < 4.78 is 26.6. The number of carbonyl (C=O) groups excluding carboxylic acids is 1. The summed E-state index contributed by atoms with van der Waals surface area (Å²) in [5.74, 6) is -0.344. The van der Waals surface area contributed by atoms with Crippen molar-refractivity contribution in [1.29, 1.82) is 0 Å². The first-order chi connectivity index (χ1) is 13.8. The fourth-order valence-electron chi connectivity index (χ4n) is 2.45. The lowest BCUT2D eigenvalue weighted by molar-refractivity contribution is 0.102. The van der Waals surface area contributed by atoms with Gasteiger partial charge in [-0.05, 0) is 48.2 Å². The van der Waals surface area contributed by atoms with E-state index >= 15 is 0 Å². The summed E-state index contributed by atoms with van der Waals surface area (Å²) in [6.45, 7) is 0.157. The number of thioether (sulfide) groups is 1. The van der Waals surface area contributed by atoms with Crippen molar-refractivity contribution in [3.05, 3.63) is 64.7 Å². The highest BCUT2D eigenvalue weighted by Gasteiger charge is 2.19. The molecule has 0 bridgehead atoms. The molecule has 3 aromatic rings. The Labute approximate surface area is 182 Å². The molecule has 0 fully saturated rings. The third-order valence-corrected chi connectivity index (χ3v) is 7.07. The first kappa shape index (κ1) is 21.6. The number of nitrogens with one attached hydrogen (secondary N) is 1. The van der Waals surface area contributed by atoms with Crippen molar-refractivity contribution >= 4 is 61.4 Å². The van der Waals surface area contributed by atoms with Crippen molar-refractivity contribution in [1.82, 2.24) is 10.2 Å². The van der Waals surface area contributed by atoms with Gasteiger partial charge in [-0.25, -0.2) is 8.42 Å². The number of sulfonamides is 1. The molecule has 1 aromatic heterocycles. The van der Waals surface area contributed by atoms with Crippen LogP contribution in [0.4, 0.5) is 10.8 Å². The molecule has 1 heterocycles. The van der Waals surface area contributed by atoms with Crippen LogP contribution in [0, 0.1) is 0 Å². The predicted octanol–water partition coefficient (Wildman–Crippen LogP) is 4.13. The molecule has 0 spiro atoms. The zero-order valence-electron chi connectivity index (χ0n) is 15.5.